The number of carbonyl (C=O) groups excluding carboxylic acids is 2. The fourth-order valence-corrected chi connectivity index (χ4v) is 2.34. The number of carboxylic acids is 1. The summed E-state index contributed by atoms with van der Waals surface area (Å²) in [5.74, 6) is -1.78. The first kappa shape index (κ1) is 16.3. The van der Waals surface area contributed by atoms with Crippen LogP contribution in [0.3, 0.4) is 0 Å². The Morgan fingerprint density at radius 1 is 1.45 bits per heavy atom. The molecule has 1 saturated heterocycles. The van der Waals surface area contributed by atoms with Gasteiger partial charge < -0.3 is 20.6 Å². The van der Waals surface area contributed by atoms with E-state index < -0.39 is 11.9 Å². The van der Waals surface area contributed by atoms with Gasteiger partial charge in [0.1, 0.15) is 6.54 Å². The average Bonchev–Trinajstić information content (AvgIpc) is 2.43. The Balaban J connectivity index is 2.77. The number of carboxylic acid groups (broad SMARTS) is 1. The molecule has 3 amide bonds. The third-order valence-corrected chi connectivity index (χ3v) is 3.77. The molecule has 0 aliphatic carbocycles. The zero-order valence-corrected chi connectivity index (χ0v) is 12.0. The lowest BCUT2D eigenvalue weighted by molar-refractivity contribution is -0.138. The highest BCUT2D eigenvalue weighted by molar-refractivity contribution is 5.82. The lowest BCUT2D eigenvalue weighted by Gasteiger charge is -2.37. The van der Waals surface area contributed by atoms with E-state index in [2.05, 4.69) is 0 Å². The van der Waals surface area contributed by atoms with Crippen LogP contribution < -0.4 is 5.73 Å². The number of rotatable bonds is 5. The van der Waals surface area contributed by atoms with Gasteiger partial charge in [-0.05, 0) is 26.2 Å². The molecule has 1 heterocycles. The Bertz CT molecular complexity index is 386. The first-order chi connectivity index (χ1) is 9.36. The molecule has 1 rings (SSSR count). The Labute approximate surface area is 118 Å². The summed E-state index contributed by atoms with van der Waals surface area (Å²) in [6, 6.07) is -0.486. The van der Waals surface area contributed by atoms with Crippen LogP contribution >= 0.6 is 0 Å². The van der Waals surface area contributed by atoms with Crippen molar-refractivity contribution in [2.45, 2.75) is 39.2 Å². The molecule has 2 atom stereocenters. The van der Waals surface area contributed by atoms with Crippen LogP contribution in [0.15, 0.2) is 0 Å². The highest BCUT2D eigenvalue weighted by Crippen LogP contribution is 2.18. The molecule has 1 aliphatic heterocycles. The van der Waals surface area contributed by atoms with Crippen LogP contribution in [0.4, 0.5) is 4.79 Å². The number of piperidine rings is 1. The third kappa shape index (κ3) is 4.11. The van der Waals surface area contributed by atoms with Crippen LogP contribution in [-0.2, 0) is 9.59 Å². The Hall–Kier alpha value is -1.79. The molecule has 0 aromatic carbocycles. The van der Waals surface area contributed by atoms with Crippen molar-refractivity contribution in [2.75, 3.05) is 19.6 Å². The fourth-order valence-electron chi connectivity index (χ4n) is 2.34. The van der Waals surface area contributed by atoms with Gasteiger partial charge in [-0.15, -0.1) is 0 Å². The predicted octanol–water partition coefficient (Wildman–Crippen LogP) is 0.489. The second-order valence-electron chi connectivity index (χ2n) is 5.25. The fraction of sp³-hybridized carbons (Fsp3) is 0.769. The average molecular weight is 285 g/mol. The third-order valence-electron chi connectivity index (χ3n) is 3.77. The minimum atomic E-state index is -1.04. The Morgan fingerprint density at radius 3 is 2.60 bits per heavy atom. The number of nitrogens with zero attached hydrogens (tertiary/aromatic N) is 2. The highest BCUT2D eigenvalue weighted by Gasteiger charge is 2.31. The van der Waals surface area contributed by atoms with Crippen molar-refractivity contribution in [1.82, 2.24) is 9.80 Å². The van der Waals surface area contributed by atoms with Crippen molar-refractivity contribution in [3.05, 3.63) is 0 Å². The molecule has 0 radical (unpaired) electrons. The van der Waals surface area contributed by atoms with E-state index in [-0.39, 0.29) is 31.1 Å². The van der Waals surface area contributed by atoms with E-state index in [1.165, 1.54) is 9.80 Å². The summed E-state index contributed by atoms with van der Waals surface area (Å²) >= 11 is 0. The number of carbonyl (C=O) groups is 3. The molecule has 7 nitrogen and oxygen atoms in total. The molecule has 1 fully saturated rings. The second-order valence-corrected chi connectivity index (χ2v) is 5.25. The van der Waals surface area contributed by atoms with E-state index in [4.69, 9.17) is 10.8 Å². The molecule has 0 saturated carbocycles. The van der Waals surface area contributed by atoms with Gasteiger partial charge in [-0.1, -0.05) is 6.92 Å². The topological polar surface area (TPSA) is 104 Å². The van der Waals surface area contributed by atoms with Crippen molar-refractivity contribution in [3.8, 4) is 0 Å². The molecular weight excluding hydrogens is 262 g/mol. The zero-order valence-electron chi connectivity index (χ0n) is 12.0. The van der Waals surface area contributed by atoms with Crippen molar-refractivity contribution >= 4 is 17.9 Å². The summed E-state index contributed by atoms with van der Waals surface area (Å²) in [6.45, 7) is 4.20. The molecule has 114 valence electrons. The van der Waals surface area contributed by atoms with Crippen molar-refractivity contribution in [2.24, 2.45) is 11.7 Å². The number of urea groups is 1. The smallest absolute Gasteiger partial charge is 0.323 e. The highest BCUT2D eigenvalue weighted by atomic mass is 16.4. The maximum Gasteiger partial charge on any atom is 0.323 e. The molecule has 0 spiro atoms. The Morgan fingerprint density at radius 2 is 2.10 bits per heavy atom. The van der Waals surface area contributed by atoms with Crippen molar-refractivity contribution in [1.29, 1.82) is 0 Å². The largest absolute Gasteiger partial charge is 0.480 e. The quantitative estimate of drug-likeness (QED) is 0.767. The maximum atomic E-state index is 12.4. The summed E-state index contributed by atoms with van der Waals surface area (Å²) in [6.07, 6.45) is 2.06. The number of amides is 3. The number of aliphatic carboxylic acids is 1. The number of primary amides is 1. The molecular formula is C13H23N3O4. The van der Waals surface area contributed by atoms with Gasteiger partial charge in [0.25, 0.3) is 0 Å². The molecule has 2 unspecified atom stereocenters. The molecule has 7 heteroatoms. The van der Waals surface area contributed by atoms with E-state index >= 15 is 0 Å². The van der Waals surface area contributed by atoms with Crippen LogP contribution in [0.25, 0.3) is 0 Å². The van der Waals surface area contributed by atoms with Crippen molar-refractivity contribution < 1.29 is 19.5 Å². The first-order valence-corrected chi connectivity index (χ1v) is 6.93. The second kappa shape index (κ2) is 7.12. The predicted molar refractivity (Wildman–Crippen MR) is 73.0 cm³/mol. The van der Waals surface area contributed by atoms with Crippen LogP contribution in [0.5, 0.6) is 0 Å². The van der Waals surface area contributed by atoms with E-state index in [0.717, 1.165) is 0 Å². The van der Waals surface area contributed by atoms with E-state index in [9.17, 15) is 14.4 Å². The Kier molecular flexibility index (Phi) is 5.79. The minimum absolute atomic E-state index is 0.160. The standard InChI is InChI=1S/C13H23N3O4/c1-3-9(2)16(8-11(17)18)13(20)15-6-4-5-10(7-15)12(14)19/h9-10H,3-8H2,1-2H3,(H2,14,19)(H,17,18). The molecule has 0 aromatic rings. The number of likely N-dealkylation sites (tertiary alicyclic amines) is 1. The normalized spacial score (nSPS) is 20.3. The van der Waals surface area contributed by atoms with Crippen LogP contribution in [0, 0.1) is 5.92 Å². The summed E-state index contributed by atoms with van der Waals surface area (Å²) in [5, 5.41) is 8.93. The zero-order chi connectivity index (χ0) is 15.3. The van der Waals surface area contributed by atoms with Gasteiger partial charge in [-0.2, -0.15) is 0 Å². The summed E-state index contributed by atoms with van der Waals surface area (Å²) in [5.41, 5.74) is 5.29. The number of nitrogens with two attached hydrogens (primary N) is 1. The monoisotopic (exact) mass is 285 g/mol. The lowest BCUT2D eigenvalue weighted by Crippen LogP contribution is -2.53. The SMILES string of the molecule is CCC(C)N(CC(=O)O)C(=O)N1CCCC(C(N)=O)C1. The molecule has 1 aliphatic rings. The van der Waals surface area contributed by atoms with Crippen LogP contribution in [-0.4, -0.2) is 58.5 Å². The number of hydrogen-bond donors (Lipinski definition) is 2. The van der Waals surface area contributed by atoms with Gasteiger partial charge >= 0.3 is 12.0 Å². The summed E-state index contributed by atoms with van der Waals surface area (Å²) < 4.78 is 0. The maximum absolute atomic E-state index is 12.4. The van der Waals surface area contributed by atoms with E-state index in [1.807, 2.05) is 13.8 Å². The molecule has 20 heavy (non-hydrogen) atoms. The molecule has 0 aromatic heterocycles. The molecule has 3 N–H and O–H groups in total. The van der Waals surface area contributed by atoms with Gasteiger partial charge in [0.2, 0.25) is 5.91 Å². The van der Waals surface area contributed by atoms with Gasteiger partial charge in [-0.3, -0.25) is 9.59 Å². The van der Waals surface area contributed by atoms with E-state index in [0.29, 0.717) is 25.8 Å². The number of hydrogen-bond acceptors (Lipinski definition) is 3. The first-order valence-electron chi connectivity index (χ1n) is 6.93. The summed E-state index contributed by atoms with van der Waals surface area (Å²) in [7, 11) is 0. The van der Waals surface area contributed by atoms with Gasteiger partial charge in [-0.25, -0.2) is 4.79 Å². The van der Waals surface area contributed by atoms with Crippen LogP contribution in [0.2, 0.25) is 0 Å². The lowest BCUT2D eigenvalue weighted by atomic mass is 9.98. The summed E-state index contributed by atoms with van der Waals surface area (Å²) in [4.78, 5) is 37.5. The van der Waals surface area contributed by atoms with Gasteiger partial charge in [0, 0.05) is 19.1 Å². The van der Waals surface area contributed by atoms with Crippen molar-refractivity contribution in [3.63, 3.8) is 0 Å². The molecule has 0 bridgehead atoms. The van der Waals surface area contributed by atoms with Gasteiger partial charge in [0.15, 0.2) is 0 Å². The minimum Gasteiger partial charge on any atom is -0.480 e. The van der Waals surface area contributed by atoms with Crippen LogP contribution in [0.1, 0.15) is 33.1 Å². The van der Waals surface area contributed by atoms with Gasteiger partial charge in [0.05, 0.1) is 5.92 Å². The van der Waals surface area contributed by atoms with E-state index in [1.54, 1.807) is 0 Å².